The summed E-state index contributed by atoms with van der Waals surface area (Å²) in [4.78, 5) is 0. The molecule has 2 aliphatic carbocycles. The number of nitrogen functional groups attached to an aromatic ring is 1. The number of aliphatic hydroxyl groups is 1. The lowest BCUT2D eigenvalue weighted by molar-refractivity contribution is 0.209. The molecule has 0 aliphatic heterocycles. The van der Waals surface area contributed by atoms with Crippen molar-refractivity contribution >= 4 is 5.69 Å². The number of hydrogen-bond donors (Lipinski definition) is 2. The Morgan fingerprint density at radius 1 is 1.22 bits per heavy atom. The maximum absolute atomic E-state index is 9.76. The van der Waals surface area contributed by atoms with Crippen molar-refractivity contribution in [2.45, 2.75) is 44.1 Å². The second-order valence-corrected chi connectivity index (χ2v) is 5.53. The summed E-state index contributed by atoms with van der Waals surface area (Å²) in [6.07, 6.45) is 5.62. The summed E-state index contributed by atoms with van der Waals surface area (Å²) < 4.78 is 0. The molecule has 2 aliphatic rings. The first kappa shape index (κ1) is 11.6. The zero-order valence-electron chi connectivity index (χ0n) is 10.5. The van der Waals surface area contributed by atoms with Gasteiger partial charge in [0.2, 0.25) is 0 Å². The number of rotatable bonds is 2. The molecule has 0 amide bonds. The SMILES string of the molecule is Nc1ccc(C2CCC2)cc1C#C[C@@H](O)C1CC1. The fourth-order valence-electron chi connectivity index (χ4n) is 2.36. The van der Waals surface area contributed by atoms with Gasteiger partial charge in [-0.25, -0.2) is 0 Å². The van der Waals surface area contributed by atoms with E-state index in [0.29, 0.717) is 17.5 Å². The predicted octanol–water partition coefficient (Wildman–Crippen LogP) is 2.66. The molecule has 2 nitrogen and oxygen atoms in total. The highest BCUT2D eigenvalue weighted by Crippen LogP contribution is 2.37. The van der Waals surface area contributed by atoms with Gasteiger partial charge in [0.1, 0.15) is 6.10 Å². The van der Waals surface area contributed by atoms with Gasteiger partial charge in [-0.3, -0.25) is 0 Å². The molecule has 94 valence electrons. The number of aliphatic hydroxyl groups excluding tert-OH is 1. The van der Waals surface area contributed by atoms with E-state index in [9.17, 15) is 5.11 Å². The van der Waals surface area contributed by atoms with Crippen molar-refractivity contribution in [1.29, 1.82) is 0 Å². The van der Waals surface area contributed by atoms with Crippen LogP contribution in [0.25, 0.3) is 0 Å². The van der Waals surface area contributed by atoms with Crippen LogP contribution in [-0.4, -0.2) is 11.2 Å². The lowest BCUT2D eigenvalue weighted by Crippen LogP contribution is -2.09. The first-order valence-electron chi connectivity index (χ1n) is 6.83. The van der Waals surface area contributed by atoms with Crippen molar-refractivity contribution in [1.82, 2.24) is 0 Å². The molecule has 0 spiro atoms. The van der Waals surface area contributed by atoms with E-state index in [1.807, 2.05) is 6.07 Å². The average molecular weight is 241 g/mol. The molecule has 1 aromatic rings. The van der Waals surface area contributed by atoms with Crippen molar-refractivity contribution < 1.29 is 5.11 Å². The van der Waals surface area contributed by atoms with Gasteiger partial charge in [0, 0.05) is 11.3 Å². The molecule has 1 atom stereocenters. The summed E-state index contributed by atoms with van der Waals surface area (Å²) in [7, 11) is 0. The Morgan fingerprint density at radius 2 is 2.00 bits per heavy atom. The van der Waals surface area contributed by atoms with E-state index in [0.717, 1.165) is 18.4 Å². The molecule has 0 unspecified atom stereocenters. The van der Waals surface area contributed by atoms with Crippen LogP contribution in [0, 0.1) is 17.8 Å². The lowest BCUT2D eigenvalue weighted by atomic mass is 9.79. The van der Waals surface area contributed by atoms with E-state index in [-0.39, 0.29) is 0 Å². The Kier molecular flexibility index (Phi) is 3.01. The van der Waals surface area contributed by atoms with Crippen LogP contribution in [0.3, 0.4) is 0 Å². The molecule has 1 aromatic carbocycles. The third-order valence-electron chi connectivity index (χ3n) is 4.08. The second-order valence-electron chi connectivity index (χ2n) is 5.53. The Balaban J connectivity index is 1.80. The van der Waals surface area contributed by atoms with Gasteiger partial charge in [0.15, 0.2) is 0 Å². The van der Waals surface area contributed by atoms with Crippen LogP contribution in [0.15, 0.2) is 18.2 Å². The van der Waals surface area contributed by atoms with Crippen LogP contribution in [0.1, 0.15) is 49.1 Å². The minimum Gasteiger partial charge on any atom is -0.398 e. The summed E-state index contributed by atoms with van der Waals surface area (Å²) in [6.45, 7) is 0. The largest absolute Gasteiger partial charge is 0.398 e. The van der Waals surface area contributed by atoms with Gasteiger partial charge in [0.25, 0.3) is 0 Å². The first-order valence-corrected chi connectivity index (χ1v) is 6.83. The highest BCUT2D eigenvalue weighted by atomic mass is 16.3. The smallest absolute Gasteiger partial charge is 0.117 e. The molecular formula is C16H19NO. The molecule has 2 saturated carbocycles. The van der Waals surface area contributed by atoms with Crippen LogP contribution in [0.2, 0.25) is 0 Å². The van der Waals surface area contributed by atoms with Gasteiger partial charge in [0.05, 0.1) is 0 Å². The van der Waals surface area contributed by atoms with E-state index >= 15 is 0 Å². The second kappa shape index (κ2) is 4.66. The minimum atomic E-state index is -0.475. The zero-order valence-corrected chi connectivity index (χ0v) is 10.5. The van der Waals surface area contributed by atoms with Crippen LogP contribution in [0.5, 0.6) is 0 Å². The first-order chi connectivity index (χ1) is 8.74. The Bertz CT molecular complexity index is 504. The molecule has 0 heterocycles. The standard InChI is InChI=1S/C16H19NO/c17-15-8-6-13(11-2-1-3-11)10-14(15)7-9-16(18)12-4-5-12/h6,8,10-12,16,18H,1-5,17H2/t16-/m1/s1. The van der Waals surface area contributed by atoms with Gasteiger partial charge in [-0.15, -0.1) is 0 Å². The summed E-state index contributed by atoms with van der Waals surface area (Å²) >= 11 is 0. The topological polar surface area (TPSA) is 46.2 Å². The molecule has 0 radical (unpaired) electrons. The average Bonchev–Trinajstić information content (AvgIpc) is 3.11. The van der Waals surface area contributed by atoms with E-state index in [2.05, 4.69) is 24.0 Å². The van der Waals surface area contributed by atoms with E-state index < -0.39 is 6.10 Å². The monoisotopic (exact) mass is 241 g/mol. The van der Waals surface area contributed by atoms with Crippen molar-refractivity contribution in [2.75, 3.05) is 5.73 Å². The number of anilines is 1. The highest BCUT2D eigenvalue weighted by molar-refractivity contribution is 5.57. The Hall–Kier alpha value is -1.46. The number of nitrogens with two attached hydrogens (primary N) is 1. The van der Waals surface area contributed by atoms with Gasteiger partial charge < -0.3 is 10.8 Å². The van der Waals surface area contributed by atoms with Crippen molar-refractivity contribution in [3.63, 3.8) is 0 Å². The van der Waals surface area contributed by atoms with Crippen molar-refractivity contribution in [2.24, 2.45) is 5.92 Å². The van der Waals surface area contributed by atoms with Gasteiger partial charge in [-0.05, 0) is 55.2 Å². The third-order valence-corrected chi connectivity index (χ3v) is 4.08. The van der Waals surface area contributed by atoms with Crippen molar-refractivity contribution in [3.05, 3.63) is 29.3 Å². The maximum Gasteiger partial charge on any atom is 0.117 e. The summed E-state index contributed by atoms with van der Waals surface area (Å²) in [5.74, 6) is 7.07. The van der Waals surface area contributed by atoms with Crippen LogP contribution in [0.4, 0.5) is 5.69 Å². The van der Waals surface area contributed by atoms with Gasteiger partial charge >= 0.3 is 0 Å². The minimum absolute atomic E-state index is 0.397. The molecule has 0 bridgehead atoms. The van der Waals surface area contributed by atoms with Crippen LogP contribution in [-0.2, 0) is 0 Å². The fourth-order valence-corrected chi connectivity index (χ4v) is 2.36. The molecule has 2 fully saturated rings. The van der Waals surface area contributed by atoms with E-state index in [1.165, 1.54) is 24.8 Å². The van der Waals surface area contributed by atoms with Gasteiger partial charge in [-0.2, -0.15) is 0 Å². The van der Waals surface area contributed by atoms with E-state index in [4.69, 9.17) is 5.73 Å². The molecular weight excluding hydrogens is 222 g/mol. The third kappa shape index (κ3) is 2.37. The molecule has 18 heavy (non-hydrogen) atoms. The zero-order chi connectivity index (χ0) is 12.5. The highest BCUT2D eigenvalue weighted by Gasteiger charge is 2.28. The summed E-state index contributed by atoms with van der Waals surface area (Å²) in [5.41, 5.74) is 8.88. The fraction of sp³-hybridized carbons (Fsp3) is 0.500. The Morgan fingerprint density at radius 3 is 2.61 bits per heavy atom. The lowest BCUT2D eigenvalue weighted by Gasteiger charge is -2.26. The van der Waals surface area contributed by atoms with E-state index in [1.54, 1.807) is 0 Å². The number of hydrogen-bond acceptors (Lipinski definition) is 2. The molecule has 2 heteroatoms. The van der Waals surface area contributed by atoms with Crippen molar-refractivity contribution in [3.8, 4) is 11.8 Å². The van der Waals surface area contributed by atoms with Crippen LogP contribution < -0.4 is 5.73 Å². The molecule has 3 rings (SSSR count). The normalized spacial score (nSPS) is 20.7. The predicted molar refractivity (Wildman–Crippen MR) is 73.1 cm³/mol. The Labute approximate surface area is 108 Å². The summed E-state index contributed by atoms with van der Waals surface area (Å²) in [6, 6.07) is 6.16. The number of benzene rings is 1. The molecule has 3 N–H and O–H groups in total. The van der Waals surface area contributed by atoms with Crippen LogP contribution >= 0.6 is 0 Å². The molecule has 0 aromatic heterocycles. The maximum atomic E-state index is 9.76. The quantitative estimate of drug-likeness (QED) is 0.617. The molecule has 0 saturated heterocycles. The van der Waals surface area contributed by atoms with Gasteiger partial charge in [-0.1, -0.05) is 24.3 Å². The summed E-state index contributed by atoms with van der Waals surface area (Å²) in [5, 5.41) is 9.76.